The van der Waals surface area contributed by atoms with E-state index in [1.54, 1.807) is 0 Å². The van der Waals surface area contributed by atoms with E-state index in [-0.39, 0.29) is 18.2 Å². The third-order valence-electron chi connectivity index (χ3n) is 5.91. The van der Waals surface area contributed by atoms with E-state index in [2.05, 4.69) is 0 Å². The molecule has 0 saturated heterocycles. The number of carbonyl (C=O) groups is 2. The molecule has 4 nitrogen and oxygen atoms in total. The molecule has 2 aliphatic carbocycles. The molecule has 4 heteroatoms. The molecule has 0 aromatic carbocycles. The fraction of sp³-hybridized carbons (Fsp3) is 0.882. The molecule has 0 bridgehead atoms. The molecule has 21 heavy (non-hydrogen) atoms. The van der Waals surface area contributed by atoms with Gasteiger partial charge in [-0.3, -0.25) is 9.59 Å². The average Bonchev–Trinajstić information content (AvgIpc) is 2.49. The number of primary amides is 2. The predicted octanol–water partition coefficient (Wildman–Crippen LogP) is 2.88. The maximum Gasteiger partial charge on any atom is 0.224 e. The van der Waals surface area contributed by atoms with Crippen LogP contribution >= 0.6 is 0 Å². The van der Waals surface area contributed by atoms with Crippen LogP contribution < -0.4 is 11.5 Å². The van der Waals surface area contributed by atoms with Gasteiger partial charge in [0.2, 0.25) is 11.8 Å². The first-order chi connectivity index (χ1) is 10.1. The number of hydrogen-bond acceptors (Lipinski definition) is 2. The zero-order chi connectivity index (χ0) is 15.3. The summed E-state index contributed by atoms with van der Waals surface area (Å²) in [6.07, 6.45) is 12.4. The fourth-order valence-corrected chi connectivity index (χ4v) is 4.83. The molecule has 2 amide bonds. The second-order valence-corrected chi connectivity index (χ2v) is 7.04. The van der Waals surface area contributed by atoms with Crippen molar-refractivity contribution in [3.8, 4) is 0 Å². The molecule has 4 N–H and O–H groups in total. The van der Waals surface area contributed by atoms with Crippen molar-refractivity contribution in [1.82, 2.24) is 0 Å². The van der Waals surface area contributed by atoms with Crippen LogP contribution in [0.4, 0.5) is 0 Å². The Morgan fingerprint density at radius 1 is 0.810 bits per heavy atom. The van der Waals surface area contributed by atoms with Crippen LogP contribution in [0.3, 0.4) is 0 Å². The minimum absolute atomic E-state index is 0.178. The zero-order valence-corrected chi connectivity index (χ0v) is 13.1. The highest BCUT2D eigenvalue weighted by Crippen LogP contribution is 2.51. The molecule has 0 radical (unpaired) electrons. The fourth-order valence-electron chi connectivity index (χ4n) is 4.83. The SMILES string of the molecule is NC(=O)CCC(C(N)=O)(C1CCCCC1)C1CCCCC1. The lowest BCUT2D eigenvalue weighted by molar-refractivity contribution is -0.139. The van der Waals surface area contributed by atoms with Gasteiger partial charge < -0.3 is 11.5 Å². The third kappa shape index (κ3) is 3.58. The maximum atomic E-state index is 12.5. The smallest absolute Gasteiger partial charge is 0.224 e. The largest absolute Gasteiger partial charge is 0.370 e. The first-order valence-corrected chi connectivity index (χ1v) is 8.65. The highest BCUT2D eigenvalue weighted by molar-refractivity contribution is 5.83. The van der Waals surface area contributed by atoms with Gasteiger partial charge in [0, 0.05) is 6.42 Å². The number of carbonyl (C=O) groups excluding carboxylic acids is 2. The minimum atomic E-state index is -0.490. The van der Waals surface area contributed by atoms with Crippen molar-refractivity contribution < 1.29 is 9.59 Å². The molecular formula is C17H30N2O2. The van der Waals surface area contributed by atoms with Crippen molar-refractivity contribution in [2.24, 2.45) is 28.7 Å². The molecule has 0 atom stereocenters. The first-order valence-electron chi connectivity index (χ1n) is 8.65. The van der Waals surface area contributed by atoms with Gasteiger partial charge >= 0.3 is 0 Å². The molecule has 120 valence electrons. The van der Waals surface area contributed by atoms with E-state index in [0.29, 0.717) is 18.3 Å². The third-order valence-corrected chi connectivity index (χ3v) is 5.91. The Kier molecular flexibility index (Phi) is 5.65. The average molecular weight is 294 g/mol. The van der Waals surface area contributed by atoms with Gasteiger partial charge in [-0.2, -0.15) is 0 Å². The van der Waals surface area contributed by atoms with Crippen LogP contribution in [-0.4, -0.2) is 11.8 Å². The van der Waals surface area contributed by atoms with Gasteiger partial charge in [-0.1, -0.05) is 38.5 Å². The second kappa shape index (κ2) is 7.28. The van der Waals surface area contributed by atoms with Gasteiger partial charge in [0.1, 0.15) is 0 Å². The highest BCUT2D eigenvalue weighted by atomic mass is 16.1. The molecule has 2 saturated carbocycles. The van der Waals surface area contributed by atoms with Gasteiger partial charge in [0.05, 0.1) is 5.41 Å². The van der Waals surface area contributed by atoms with Gasteiger partial charge in [0.15, 0.2) is 0 Å². The van der Waals surface area contributed by atoms with E-state index in [1.165, 1.54) is 38.5 Å². The molecule has 0 unspecified atom stereocenters. The van der Waals surface area contributed by atoms with E-state index in [1.807, 2.05) is 0 Å². The Balaban J connectivity index is 2.26. The van der Waals surface area contributed by atoms with Crippen molar-refractivity contribution in [3.05, 3.63) is 0 Å². The molecule has 0 spiro atoms. The quantitative estimate of drug-likeness (QED) is 0.789. The Morgan fingerprint density at radius 2 is 1.24 bits per heavy atom. The number of nitrogens with two attached hydrogens (primary N) is 2. The second-order valence-electron chi connectivity index (χ2n) is 7.04. The lowest BCUT2D eigenvalue weighted by Gasteiger charge is -2.47. The van der Waals surface area contributed by atoms with Crippen molar-refractivity contribution >= 4 is 11.8 Å². The summed E-state index contributed by atoms with van der Waals surface area (Å²) < 4.78 is 0. The molecule has 0 aromatic rings. The summed E-state index contributed by atoms with van der Waals surface area (Å²) in [5.74, 6) is 0.215. The van der Waals surface area contributed by atoms with Crippen LogP contribution in [-0.2, 0) is 9.59 Å². The van der Waals surface area contributed by atoms with Gasteiger partial charge in [-0.25, -0.2) is 0 Å². The standard InChI is InChI=1S/C17H30N2O2/c18-15(20)11-12-17(16(19)21,13-7-3-1-4-8-13)14-9-5-2-6-10-14/h13-14H,1-12H2,(H2,18,20)(H2,19,21). The molecule has 2 fully saturated rings. The van der Waals surface area contributed by atoms with Crippen molar-refractivity contribution in [2.45, 2.75) is 77.0 Å². The van der Waals surface area contributed by atoms with Crippen molar-refractivity contribution in [1.29, 1.82) is 0 Å². The topological polar surface area (TPSA) is 86.2 Å². The summed E-state index contributed by atoms with van der Waals surface area (Å²) in [7, 11) is 0. The summed E-state index contributed by atoms with van der Waals surface area (Å²) >= 11 is 0. The van der Waals surface area contributed by atoms with E-state index >= 15 is 0 Å². The van der Waals surface area contributed by atoms with Crippen LogP contribution in [0.15, 0.2) is 0 Å². The Hall–Kier alpha value is -1.06. The number of hydrogen-bond donors (Lipinski definition) is 2. The lowest BCUT2D eigenvalue weighted by atomic mass is 9.56. The molecule has 0 heterocycles. The monoisotopic (exact) mass is 294 g/mol. The summed E-state index contributed by atoms with van der Waals surface area (Å²) in [5, 5.41) is 0. The maximum absolute atomic E-state index is 12.5. The minimum Gasteiger partial charge on any atom is -0.370 e. The zero-order valence-electron chi connectivity index (χ0n) is 13.1. The van der Waals surface area contributed by atoms with Crippen molar-refractivity contribution in [2.75, 3.05) is 0 Å². The van der Waals surface area contributed by atoms with E-state index < -0.39 is 5.41 Å². The van der Waals surface area contributed by atoms with E-state index in [9.17, 15) is 9.59 Å². The summed E-state index contributed by atoms with van der Waals surface area (Å²) in [4.78, 5) is 23.8. The Bertz CT molecular complexity index is 351. The molecular weight excluding hydrogens is 264 g/mol. The van der Waals surface area contributed by atoms with Crippen LogP contribution in [0.25, 0.3) is 0 Å². The summed E-state index contributed by atoms with van der Waals surface area (Å²) in [6.45, 7) is 0. The van der Waals surface area contributed by atoms with Crippen molar-refractivity contribution in [3.63, 3.8) is 0 Å². The highest BCUT2D eigenvalue weighted by Gasteiger charge is 2.49. The predicted molar refractivity (Wildman–Crippen MR) is 83.2 cm³/mol. The van der Waals surface area contributed by atoms with E-state index in [0.717, 1.165) is 25.7 Å². The van der Waals surface area contributed by atoms with Gasteiger partial charge in [-0.15, -0.1) is 0 Å². The number of rotatable bonds is 6. The van der Waals surface area contributed by atoms with Gasteiger partial charge in [0.25, 0.3) is 0 Å². The van der Waals surface area contributed by atoms with E-state index in [4.69, 9.17) is 11.5 Å². The van der Waals surface area contributed by atoms with Gasteiger partial charge in [-0.05, 0) is 43.9 Å². The van der Waals surface area contributed by atoms with Crippen LogP contribution in [0, 0.1) is 17.3 Å². The van der Waals surface area contributed by atoms with Crippen LogP contribution in [0.1, 0.15) is 77.0 Å². The Morgan fingerprint density at radius 3 is 1.57 bits per heavy atom. The molecule has 0 aliphatic heterocycles. The summed E-state index contributed by atoms with van der Waals surface area (Å²) in [6, 6.07) is 0. The molecule has 0 aromatic heterocycles. The van der Waals surface area contributed by atoms with Crippen LogP contribution in [0.5, 0.6) is 0 Å². The molecule has 2 rings (SSSR count). The lowest BCUT2D eigenvalue weighted by Crippen LogP contribution is -2.50. The normalized spacial score (nSPS) is 22.1. The molecule has 2 aliphatic rings. The first kappa shape index (κ1) is 16.3. The van der Waals surface area contributed by atoms with Crippen LogP contribution in [0.2, 0.25) is 0 Å². The number of amides is 2. The summed E-state index contributed by atoms with van der Waals surface area (Å²) in [5.41, 5.74) is 10.8. The Labute approximate surface area is 128 Å².